The molecule has 2 heterocycles. The largest absolute Gasteiger partial charge is 0.477 e. The minimum Gasteiger partial charge on any atom is -0.477 e. The van der Waals surface area contributed by atoms with Crippen LogP contribution in [0.2, 0.25) is 5.02 Å². The van der Waals surface area contributed by atoms with Crippen LogP contribution in [0.1, 0.15) is 30.1 Å². The molecule has 6 nitrogen and oxygen atoms in total. The van der Waals surface area contributed by atoms with E-state index >= 15 is 0 Å². The first-order valence-electron chi connectivity index (χ1n) is 7.23. The predicted molar refractivity (Wildman–Crippen MR) is 84.2 cm³/mol. The highest BCUT2D eigenvalue weighted by atomic mass is 35.5. The summed E-state index contributed by atoms with van der Waals surface area (Å²) in [6.07, 6.45) is 8.79. The number of hydrogen-bond donors (Lipinski definition) is 1. The fraction of sp³-hybridized carbons (Fsp3) is 0.400. The van der Waals surface area contributed by atoms with Crippen LogP contribution in [0, 0.1) is 0 Å². The molecule has 1 amide bonds. The Bertz CT molecular complexity index is 602. The van der Waals surface area contributed by atoms with Gasteiger partial charge in [0.15, 0.2) is 0 Å². The second-order valence-corrected chi connectivity index (χ2v) is 5.11. The van der Waals surface area contributed by atoms with Crippen molar-refractivity contribution < 1.29 is 9.53 Å². The maximum absolute atomic E-state index is 12.0. The Balaban J connectivity index is 1.73. The smallest absolute Gasteiger partial charge is 0.252 e. The summed E-state index contributed by atoms with van der Waals surface area (Å²) in [6, 6.07) is 1.57. The van der Waals surface area contributed by atoms with Crippen molar-refractivity contribution in [2.45, 2.75) is 26.3 Å². The van der Waals surface area contributed by atoms with Crippen molar-refractivity contribution >= 4 is 17.5 Å². The molecule has 0 saturated carbocycles. The third-order valence-electron chi connectivity index (χ3n) is 3.04. The van der Waals surface area contributed by atoms with Crippen molar-refractivity contribution in [1.82, 2.24) is 19.9 Å². The number of carbonyl (C=O) groups excluding carboxylic acids is 1. The molecule has 0 aliphatic rings. The van der Waals surface area contributed by atoms with Gasteiger partial charge in [0.05, 0.1) is 18.5 Å². The number of halogens is 1. The normalized spacial score (nSPS) is 10.5. The van der Waals surface area contributed by atoms with Crippen LogP contribution in [0.15, 0.2) is 31.0 Å². The molecule has 0 aromatic carbocycles. The van der Waals surface area contributed by atoms with Crippen molar-refractivity contribution in [2.75, 3.05) is 13.2 Å². The fourth-order valence-corrected chi connectivity index (χ4v) is 2.16. The summed E-state index contributed by atoms with van der Waals surface area (Å²) in [4.78, 5) is 20.0. The second-order valence-electron chi connectivity index (χ2n) is 4.71. The summed E-state index contributed by atoms with van der Waals surface area (Å²) in [5.41, 5.74) is 0.433. The van der Waals surface area contributed by atoms with Crippen LogP contribution in [0.4, 0.5) is 0 Å². The van der Waals surface area contributed by atoms with Gasteiger partial charge in [-0.3, -0.25) is 4.79 Å². The standard InChI is InChI=1S/C15H19ClN4O2/c1-2-22-15-13(16)9-12(10-19-15)14(21)18-5-3-4-7-20-8-6-17-11-20/h6,8-11H,2-5,7H2,1H3,(H,18,21). The molecule has 2 aromatic heterocycles. The van der Waals surface area contributed by atoms with Gasteiger partial charge in [-0.05, 0) is 25.8 Å². The highest BCUT2D eigenvalue weighted by Crippen LogP contribution is 2.22. The topological polar surface area (TPSA) is 69.0 Å². The van der Waals surface area contributed by atoms with Crippen LogP contribution in [0.3, 0.4) is 0 Å². The Labute approximate surface area is 134 Å². The SMILES string of the molecule is CCOc1ncc(C(=O)NCCCCn2ccnc2)cc1Cl. The van der Waals surface area contributed by atoms with Gasteiger partial charge in [0.1, 0.15) is 5.02 Å². The number of amides is 1. The summed E-state index contributed by atoms with van der Waals surface area (Å²) < 4.78 is 7.25. The summed E-state index contributed by atoms with van der Waals surface area (Å²) in [6.45, 7) is 3.84. The summed E-state index contributed by atoms with van der Waals surface area (Å²) in [5.74, 6) is 0.168. The number of imidazole rings is 1. The van der Waals surface area contributed by atoms with Crippen molar-refractivity contribution in [1.29, 1.82) is 0 Å². The number of aryl methyl sites for hydroxylation is 1. The molecule has 22 heavy (non-hydrogen) atoms. The molecule has 0 atom stereocenters. The van der Waals surface area contributed by atoms with Crippen LogP contribution in [0.25, 0.3) is 0 Å². The van der Waals surface area contributed by atoms with Gasteiger partial charge < -0.3 is 14.6 Å². The number of hydrogen-bond acceptors (Lipinski definition) is 4. The molecule has 2 rings (SSSR count). The van der Waals surface area contributed by atoms with Crippen LogP contribution >= 0.6 is 11.6 Å². The highest BCUT2D eigenvalue weighted by molar-refractivity contribution is 6.32. The monoisotopic (exact) mass is 322 g/mol. The quantitative estimate of drug-likeness (QED) is 0.758. The molecule has 0 fully saturated rings. The molecule has 0 bridgehead atoms. The average molecular weight is 323 g/mol. The summed E-state index contributed by atoms with van der Waals surface area (Å²) in [7, 11) is 0. The van der Waals surface area contributed by atoms with Gasteiger partial charge in [-0.25, -0.2) is 9.97 Å². The maximum Gasteiger partial charge on any atom is 0.252 e. The van der Waals surface area contributed by atoms with E-state index < -0.39 is 0 Å². The molecular weight excluding hydrogens is 304 g/mol. The van der Waals surface area contributed by atoms with Gasteiger partial charge in [0.25, 0.3) is 5.91 Å². The average Bonchev–Trinajstić information content (AvgIpc) is 3.02. The minimum atomic E-state index is -0.180. The zero-order valence-corrected chi connectivity index (χ0v) is 13.2. The third-order valence-corrected chi connectivity index (χ3v) is 3.31. The van der Waals surface area contributed by atoms with E-state index in [0.29, 0.717) is 29.6 Å². The third kappa shape index (κ3) is 4.73. The molecule has 0 saturated heterocycles. The molecule has 7 heteroatoms. The molecule has 1 N–H and O–H groups in total. The molecule has 0 spiro atoms. The molecule has 2 aromatic rings. The van der Waals surface area contributed by atoms with Crippen molar-refractivity contribution in [2.24, 2.45) is 0 Å². The first-order chi connectivity index (χ1) is 10.7. The highest BCUT2D eigenvalue weighted by Gasteiger charge is 2.10. The zero-order chi connectivity index (χ0) is 15.8. The zero-order valence-electron chi connectivity index (χ0n) is 12.5. The van der Waals surface area contributed by atoms with E-state index in [4.69, 9.17) is 16.3 Å². The van der Waals surface area contributed by atoms with Crippen LogP contribution in [-0.4, -0.2) is 33.6 Å². The van der Waals surface area contributed by atoms with E-state index in [1.54, 1.807) is 18.6 Å². The van der Waals surface area contributed by atoms with E-state index in [2.05, 4.69) is 15.3 Å². The first kappa shape index (κ1) is 16.3. The lowest BCUT2D eigenvalue weighted by Gasteiger charge is -2.08. The van der Waals surface area contributed by atoms with Crippen molar-refractivity contribution in [3.8, 4) is 5.88 Å². The van der Waals surface area contributed by atoms with Crippen LogP contribution in [0.5, 0.6) is 5.88 Å². The van der Waals surface area contributed by atoms with Gasteiger partial charge in [0.2, 0.25) is 5.88 Å². The van der Waals surface area contributed by atoms with E-state index in [9.17, 15) is 4.79 Å². The molecule has 0 unspecified atom stereocenters. The number of ether oxygens (including phenoxy) is 1. The molecular formula is C15H19ClN4O2. The molecule has 118 valence electrons. The van der Waals surface area contributed by atoms with Gasteiger partial charge in [0, 0.05) is 31.7 Å². The van der Waals surface area contributed by atoms with E-state index in [0.717, 1.165) is 19.4 Å². The van der Waals surface area contributed by atoms with Crippen LogP contribution < -0.4 is 10.1 Å². The fourth-order valence-electron chi connectivity index (χ4n) is 1.93. The number of nitrogens with zero attached hydrogens (tertiary/aromatic N) is 3. The Morgan fingerprint density at radius 2 is 2.32 bits per heavy atom. The maximum atomic E-state index is 12.0. The molecule has 0 aliphatic carbocycles. The first-order valence-corrected chi connectivity index (χ1v) is 7.60. The van der Waals surface area contributed by atoms with Crippen molar-refractivity contribution in [3.63, 3.8) is 0 Å². The van der Waals surface area contributed by atoms with Gasteiger partial charge in [-0.1, -0.05) is 11.6 Å². The number of aromatic nitrogens is 3. The van der Waals surface area contributed by atoms with E-state index in [-0.39, 0.29) is 5.91 Å². The summed E-state index contributed by atoms with van der Waals surface area (Å²) in [5, 5.41) is 3.20. The van der Waals surface area contributed by atoms with Gasteiger partial charge in [-0.2, -0.15) is 0 Å². The lowest BCUT2D eigenvalue weighted by molar-refractivity contribution is 0.0952. The van der Waals surface area contributed by atoms with Crippen LogP contribution in [-0.2, 0) is 6.54 Å². The second kappa shape index (κ2) is 8.38. The molecule has 0 radical (unpaired) electrons. The molecule has 0 aliphatic heterocycles. The Morgan fingerprint density at radius 1 is 1.45 bits per heavy atom. The lowest BCUT2D eigenvalue weighted by Crippen LogP contribution is -2.24. The number of rotatable bonds is 8. The minimum absolute atomic E-state index is 0.180. The van der Waals surface area contributed by atoms with Crippen molar-refractivity contribution in [3.05, 3.63) is 41.6 Å². The Kier molecular flexibility index (Phi) is 6.21. The summed E-state index contributed by atoms with van der Waals surface area (Å²) >= 11 is 6.02. The van der Waals surface area contributed by atoms with Gasteiger partial charge in [-0.15, -0.1) is 0 Å². The number of pyridine rings is 1. The number of unbranched alkanes of at least 4 members (excludes halogenated alkanes) is 1. The lowest BCUT2D eigenvalue weighted by atomic mass is 10.2. The van der Waals surface area contributed by atoms with E-state index in [1.165, 1.54) is 6.20 Å². The predicted octanol–water partition coefficient (Wildman–Crippen LogP) is 2.54. The Morgan fingerprint density at radius 3 is 3.00 bits per heavy atom. The number of carbonyl (C=O) groups is 1. The Hall–Kier alpha value is -2.08. The van der Waals surface area contributed by atoms with E-state index in [1.807, 2.05) is 17.7 Å². The number of nitrogens with one attached hydrogen (secondary N) is 1. The van der Waals surface area contributed by atoms with Gasteiger partial charge >= 0.3 is 0 Å².